The Morgan fingerprint density at radius 2 is 1.72 bits per heavy atom. The zero-order valence-electron chi connectivity index (χ0n) is 18.9. The van der Waals surface area contributed by atoms with Gasteiger partial charge in [0.15, 0.2) is 9.84 Å². The predicted octanol–water partition coefficient (Wildman–Crippen LogP) is 2.36. The molecule has 2 aromatic rings. The number of benzene rings is 2. The van der Waals surface area contributed by atoms with Gasteiger partial charge >= 0.3 is 0 Å². The van der Waals surface area contributed by atoms with Crippen LogP contribution in [0.15, 0.2) is 42.5 Å². The second-order valence-electron chi connectivity index (χ2n) is 8.68. The van der Waals surface area contributed by atoms with Crippen LogP contribution in [0.2, 0.25) is 19.6 Å². The molecule has 0 saturated heterocycles. The quantitative estimate of drug-likeness (QED) is 0.537. The summed E-state index contributed by atoms with van der Waals surface area (Å²) in [4.78, 5) is 25.2. The third-order valence-electron chi connectivity index (χ3n) is 4.63. The van der Waals surface area contributed by atoms with Crippen LogP contribution in [0.25, 0.3) is 0 Å². The van der Waals surface area contributed by atoms with Crippen LogP contribution in [0.5, 0.6) is 0 Å². The van der Waals surface area contributed by atoms with E-state index in [9.17, 15) is 22.4 Å². The summed E-state index contributed by atoms with van der Waals surface area (Å²) in [6.45, 7) is 6.43. The van der Waals surface area contributed by atoms with Crippen LogP contribution in [-0.4, -0.2) is 47.4 Å². The number of sulfone groups is 1. The van der Waals surface area contributed by atoms with Crippen molar-refractivity contribution in [3.8, 4) is 0 Å². The highest BCUT2D eigenvalue weighted by atomic mass is 32.2. The van der Waals surface area contributed by atoms with Gasteiger partial charge in [0.2, 0.25) is 5.91 Å². The fraction of sp³-hybridized carbons (Fsp3) is 0.364. The van der Waals surface area contributed by atoms with Crippen LogP contribution in [0.3, 0.4) is 0 Å². The molecule has 174 valence electrons. The minimum atomic E-state index is -3.58. The molecule has 2 aromatic carbocycles. The molecular formula is C22H29FN2O5SSi. The average Bonchev–Trinajstić information content (AvgIpc) is 2.64. The fourth-order valence-corrected chi connectivity index (χ4v) is 5.06. The lowest BCUT2D eigenvalue weighted by atomic mass is 10.0. The first-order valence-corrected chi connectivity index (χ1v) is 15.5. The lowest BCUT2D eigenvalue weighted by Crippen LogP contribution is -2.41. The normalized spacial score (nSPS) is 12.8. The molecular weight excluding hydrogens is 451 g/mol. The van der Waals surface area contributed by atoms with Gasteiger partial charge in [-0.1, -0.05) is 50.0 Å². The summed E-state index contributed by atoms with van der Waals surface area (Å²) in [5.74, 6) is -2.58. The number of carbonyl (C=O) groups is 2. The van der Waals surface area contributed by atoms with E-state index < -0.39 is 47.3 Å². The van der Waals surface area contributed by atoms with E-state index in [2.05, 4.69) is 10.6 Å². The van der Waals surface area contributed by atoms with Crippen LogP contribution < -0.4 is 15.8 Å². The predicted molar refractivity (Wildman–Crippen MR) is 126 cm³/mol. The van der Waals surface area contributed by atoms with Crippen molar-refractivity contribution in [1.29, 1.82) is 0 Å². The second-order valence-corrected chi connectivity index (χ2v) is 15.9. The summed E-state index contributed by atoms with van der Waals surface area (Å²) in [6, 6.07) is 10.1. The van der Waals surface area contributed by atoms with E-state index in [4.69, 9.17) is 4.74 Å². The number of carbonyl (C=O) groups excluding carboxylic acids is 2. The third kappa shape index (κ3) is 7.54. The first-order chi connectivity index (χ1) is 14.8. The Balaban J connectivity index is 2.30. The number of amides is 2. The first kappa shape index (κ1) is 25.7. The third-order valence-corrected chi connectivity index (χ3v) is 7.44. The maximum absolute atomic E-state index is 14.6. The van der Waals surface area contributed by atoms with E-state index in [1.807, 2.05) is 19.6 Å². The molecule has 2 N–H and O–H groups in total. The molecule has 2 amide bonds. The van der Waals surface area contributed by atoms with Gasteiger partial charge in [0.25, 0.3) is 5.91 Å². The largest absolute Gasteiger partial charge is 0.380 e. The van der Waals surface area contributed by atoms with E-state index in [1.54, 1.807) is 43.5 Å². The van der Waals surface area contributed by atoms with E-state index in [-0.39, 0.29) is 5.69 Å². The Morgan fingerprint density at radius 1 is 1.09 bits per heavy atom. The van der Waals surface area contributed by atoms with E-state index in [0.29, 0.717) is 17.4 Å². The Bertz CT molecular complexity index is 1080. The molecule has 7 nitrogen and oxygen atoms in total. The standard InChI is InChI=1S/C22H29FN2O5SSi/c1-30-13-15-6-8-16(9-7-15)21(25-20(26)14-31(2,28)29)22(27)24-17-10-11-19(18(23)12-17)32(3,4)5/h6-12,21H,13-14H2,1-5H3,(H,24,27)(H,25,26)/t21-/m1/s1. The zero-order valence-corrected chi connectivity index (χ0v) is 20.7. The molecule has 10 heteroatoms. The molecule has 0 bridgehead atoms. The molecule has 0 fully saturated rings. The molecule has 0 heterocycles. The van der Waals surface area contributed by atoms with E-state index in [1.165, 1.54) is 6.07 Å². The van der Waals surface area contributed by atoms with Crippen molar-refractivity contribution in [2.45, 2.75) is 32.3 Å². The fourth-order valence-electron chi connectivity index (χ4n) is 3.13. The molecule has 0 unspecified atom stereocenters. The van der Waals surface area contributed by atoms with Crippen LogP contribution in [0, 0.1) is 5.82 Å². The summed E-state index contributed by atoms with van der Waals surface area (Å²) in [5, 5.41) is 5.72. The van der Waals surface area contributed by atoms with Crippen LogP contribution in [0.4, 0.5) is 10.1 Å². The zero-order chi connectivity index (χ0) is 24.1. The smallest absolute Gasteiger partial charge is 0.251 e. The monoisotopic (exact) mass is 480 g/mol. The number of hydrogen-bond donors (Lipinski definition) is 2. The van der Waals surface area contributed by atoms with Gasteiger partial charge in [-0.2, -0.15) is 0 Å². The van der Waals surface area contributed by atoms with E-state index in [0.717, 1.165) is 11.8 Å². The van der Waals surface area contributed by atoms with Crippen molar-refractivity contribution in [3.05, 3.63) is 59.4 Å². The van der Waals surface area contributed by atoms with Crippen molar-refractivity contribution in [2.75, 3.05) is 24.4 Å². The second kappa shape index (κ2) is 10.4. The number of rotatable bonds is 9. The van der Waals surface area contributed by atoms with Gasteiger partial charge in [0, 0.05) is 19.1 Å². The molecule has 32 heavy (non-hydrogen) atoms. The van der Waals surface area contributed by atoms with Crippen molar-refractivity contribution < 1.29 is 27.1 Å². The van der Waals surface area contributed by atoms with Crippen molar-refractivity contribution in [2.24, 2.45) is 0 Å². The van der Waals surface area contributed by atoms with Crippen LogP contribution in [-0.2, 0) is 30.8 Å². The molecule has 0 aromatic heterocycles. The highest BCUT2D eigenvalue weighted by molar-refractivity contribution is 7.91. The number of anilines is 1. The van der Waals surface area contributed by atoms with Crippen molar-refractivity contribution in [3.63, 3.8) is 0 Å². The Morgan fingerprint density at radius 3 is 2.22 bits per heavy atom. The highest BCUT2D eigenvalue weighted by Gasteiger charge is 2.26. The van der Waals surface area contributed by atoms with Gasteiger partial charge in [-0.05, 0) is 28.4 Å². The minimum absolute atomic E-state index is 0.243. The molecule has 0 aliphatic rings. The van der Waals surface area contributed by atoms with Crippen LogP contribution >= 0.6 is 0 Å². The van der Waals surface area contributed by atoms with Gasteiger partial charge in [-0.25, -0.2) is 12.8 Å². The molecule has 0 aliphatic carbocycles. The van der Waals surface area contributed by atoms with Gasteiger partial charge in [-0.3, -0.25) is 9.59 Å². The van der Waals surface area contributed by atoms with Gasteiger partial charge < -0.3 is 15.4 Å². The molecule has 2 rings (SSSR count). The molecule has 0 saturated carbocycles. The minimum Gasteiger partial charge on any atom is -0.380 e. The Labute approximate surface area is 189 Å². The van der Waals surface area contributed by atoms with Gasteiger partial charge in [0.1, 0.15) is 17.6 Å². The van der Waals surface area contributed by atoms with Crippen LogP contribution in [0.1, 0.15) is 17.2 Å². The maximum Gasteiger partial charge on any atom is 0.251 e. The Kier molecular flexibility index (Phi) is 8.33. The summed E-state index contributed by atoms with van der Waals surface area (Å²) in [5.41, 5.74) is 1.55. The number of hydrogen-bond acceptors (Lipinski definition) is 5. The summed E-state index contributed by atoms with van der Waals surface area (Å²) >= 11 is 0. The van der Waals surface area contributed by atoms with Gasteiger partial charge in [0.05, 0.1) is 14.7 Å². The molecule has 0 aliphatic heterocycles. The summed E-state index contributed by atoms with van der Waals surface area (Å²) in [6.07, 6.45) is 0.935. The summed E-state index contributed by atoms with van der Waals surface area (Å²) in [7, 11) is -3.91. The van der Waals surface area contributed by atoms with E-state index >= 15 is 0 Å². The topological polar surface area (TPSA) is 102 Å². The number of methoxy groups -OCH3 is 1. The lowest BCUT2D eigenvalue weighted by Gasteiger charge is -2.21. The molecule has 1 atom stereocenters. The average molecular weight is 481 g/mol. The number of nitrogens with one attached hydrogen (secondary N) is 2. The number of ether oxygens (including phenoxy) is 1. The lowest BCUT2D eigenvalue weighted by molar-refractivity contribution is -0.125. The Hall–Kier alpha value is -2.56. The molecule has 0 radical (unpaired) electrons. The molecule has 0 spiro atoms. The highest BCUT2D eigenvalue weighted by Crippen LogP contribution is 2.19. The van der Waals surface area contributed by atoms with Crippen molar-refractivity contribution >= 4 is 40.6 Å². The summed E-state index contributed by atoms with van der Waals surface area (Å²) < 4.78 is 42.6. The maximum atomic E-state index is 14.6. The first-order valence-electron chi connectivity index (χ1n) is 9.96. The number of halogens is 1. The SMILES string of the molecule is COCc1ccc([C@@H](NC(=O)CS(C)(=O)=O)C(=O)Nc2ccc([Si](C)(C)C)c(F)c2)cc1. The van der Waals surface area contributed by atoms with Crippen molar-refractivity contribution in [1.82, 2.24) is 5.32 Å². The van der Waals surface area contributed by atoms with Gasteiger partial charge in [-0.15, -0.1) is 0 Å².